The van der Waals surface area contributed by atoms with Crippen LogP contribution in [-0.2, 0) is 9.47 Å². The van der Waals surface area contributed by atoms with Crippen LogP contribution in [0.3, 0.4) is 0 Å². The number of hydrogen-bond donors (Lipinski definition) is 2. The van der Waals surface area contributed by atoms with Gasteiger partial charge in [-0.1, -0.05) is 13.8 Å². The van der Waals surface area contributed by atoms with Crippen LogP contribution >= 0.6 is 0 Å². The van der Waals surface area contributed by atoms with Crippen molar-refractivity contribution in [2.45, 2.75) is 52.7 Å². The van der Waals surface area contributed by atoms with Crippen molar-refractivity contribution in [3.63, 3.8) is 0 Å². The van der Waals surface area contributed by atoms with E-state index in [4.69, 9.17) is 15.2 Å². The molecule has 1 amide bonds. The molecule has 1 fully saturated rings. The minimum atomic E-state index is -0.477. The molecule has 0 saturated carbocycles. The molecule has 0 spiro atoms. The van der Waals surface area contributed by atoms with Crippen LogP contribution < -0.4 is 11.1 Å². The van der Waals surface area contributed by atoms with Crippen LogP contribution in [0.4, 0.5) is 4.79 Å². The van der Waals surface area contributed by atoms with E-state index in [1.165, 1.54) is 0 Å². The van der Waals surface area contributed by atoms with E-state index < -0.39 is 11.7 Å². The minimum Gasteiger partial charge on any atom is -0.444 e. The number of carbonyl (C=O) groups excluding carboxylic acids is 1. The van der Waals surface area contributed by atoms with Crippen LogP contribution in [0, 0.1) is 11.3 Å². The van der Waals surface area contributed by atoms with Gasteiger partial charge in [0.05, 0.1) is 6.61 Å². The highest BCUT2D eigenvalue weighted by molar-refractivity contribution is 5.67. The molecule has 5 heteroatoms. The summed E-state index contributed by atoms with van der Waals surface area (Å²) in [6.45, 7) is 11.7. The van der Waals surface area contributed by atoms with E-state index >= 15 is 0 Å². The van der Waals surface area contributed by atoms with Crippen LogP contribution in [0.25, 0.3) is 0 Å². The summed E-state index contributed by atoms with van der Waals surface area (Å²) < 4.78 is 10.6. The zero-order valence-corrected chi connectivity index (χ0v) is 12.8. The standard InChI is InChI=1S/C14H28N2O3/c1-13(2,3)19-12(17)16-9-14(4,5)11(15)10-6-7-18-8-10/h10-11H,6-9,15H2,1-5H3,(H,16,17). The molecule has 1 saturated heterocycles. The molecule has 0 aromatic rings. The molecule has 19 heavy (non-hydrogen) atoms. The molecular formula is C14H28N2O3. The van der Waals surface area contributed by atoms with Gasteiger partial charge in [0.1, 0.15) is 5.60 Å². The topological polar surface area (TPSA) is 73.6 Å². The van der Waals surface area contributed by atoms with E-state index in [-0.39, 0.29) is 11.5 Å². The number of alkyl carbamates (subject to hydrolysis) is 1. The average Bonchev–Trinajstić information content (AvgIpc) is 2.76. The van der Waals surface area contributed by atoms with Gasteiger partial charge in [0.2, 0.25) is 0 Å². The molecular weight excluding hydrogens is 244 g/mol. The fourth-order valence-corrected chi connectivity index (χ4v) is 2.21. The van der Waals surface area contributed by atoms with Gasteiger partial charge in [-0.2, -0.15) is 0 Å². The van der Waals surface area contributed by atoms with Crippen molar-refractivity contribution in [1.29, 1.82) is 0 Å². The first kappa shape index (κ1) is 16.2. The lowest BCUT2D eigenvalue weighted by Crippen LogP contribution is -2.50. The summed E-state index contributed by atoms with van der Waals surface area (Å²) in [5.41, 5.74) is 5.64. The number of amides is 1. The molecule has 0 radical (unpaired) electrons. The van der Waals surface area contributed by atoms with Gasteiger partial charge in [-0.05, 0) is 32.6 Å². The quantitative estimate of drug-likeness (QED) is 0.820. The second kappa shape index (κ2) is 6.09. The molecule has 0 bridgehead atoms. The number of nitrogens with one attached hydrogen (secondary N) is 1. The third-order valence-electron chi connectivity index (χ3n) is 3.46. The highest BCUT2D eigenvalue weighted by Crippen LogP contribution is 2.28. The lowest BCUT2D eigenvalue weighted by molar-refractivity contribution is 0.0492. The second-order valence-electron chi connectivity index (χ2n) is 6.99. The van der Waals surface area contributed by atoms with Crippen molar-refractivity contribution in [2.24, 2.45) is 17.1 Å². The molecule has 3 N–H and O–H groups in total. The molecule has 1 rings (SSSR count). The Hall–Kier alpha value is -0.810. The van der Waals surface area contributed by atoms with Gasteiger partial charge in [0, 0.05) is 25.1 Å². The maximum atomic E-state index is 11.7. The smallest absolute Gasteiger partial charge is 0.407 e. The van der Waals surface area contributed by atoms with Gasteiger partial charge in [-0.15, -0.1) is 0 Å². The predicted octanol–water partition coefficient (Wildman–Crippen LogP) is 1.90. The Morgan fingerprint density at radius 2 is 2.05 bits per heavy atom. The second-order valence-corrected chi connectivity index (χ2v) is 6.99. The van der Waals surface area contributed by atoms with Gasteiger partial charge in [0.15, 0.2) is 0 Å². The van der Waals surface area contributed by atoms with E-state index in [0.717, 1.165) is 19.6 Å². The van der Waals surface area contributed by atoms with E-state index in [9.17, 15) is 4.79 Å². The van der Waals surface area contributed by atoms with Crippen molar-refractivity contribution in [2.75, 3.05) is 19.8 Å². The number of carbonyl (C=O) groups is 1. The normalized spacial score (nSPS) is 22.1. The van der Waals surface area contributed by atoms with Crippen molar-refractivity contribution < 1.29 is 14.3 Å². The summed E-state index contributed by atoms with van der Waals surface area (Å²) in [5.74, 6) is 0.371. The van der Waals surface area contributed by atoms with Gasteiger partial charge in [-0.25, -0.2) is 4.79 Å². The number of nitrogens with two attached hydrogens (primary N) is 1. The highest BCUT2D eigenvalue weighted by Gasteiger charge is 2.35. The Kier molecular flexibility index (Phi) is 5.21. The summed E-state index contributed by atoms with van der Waals surface area (Å²) in [7, 11) is 0. The maximum absolute atomic E-state index is 11.7. The Morgan fingerprint density at radius 3 is 2.53 bits per heavy atom. The first-order chi connectivity index (χ1) is 8.62. The summed E-state index contributed by atoms with van der Waals surface area (Å²) in [4.78, 5) is 11.7. The first-order valence-electron chi connectivity index (χ1n) is 6.92. The molecule has 1 aliphatic heterocycles. The molecule has 112 valence electrons. The number of hydrogen-bond acceptors (Lipinski definition) is 4. The summed E-state index contributed by atoms with van der Waals surface area (Å²) >= 11 is 0. The van der Waals surface area contributed by atoms with Crippen LogP contribution in [-0.4, -0.2) is 37.5 Å². The van der Waals surface area contributed by atoms with Crippen LogP contribution in [0.5, 0.6) is 0 Å². The largest absolute Gasteiger partial charge is 0.444 e. The molecule has 1 heterocycles. The Labute approximate surface area is 116 Å². The zero-order chi connectivity index (χ0) is 14.7. The van der Waals surface area contributed by atoms with Gasteiger partial charge in [0.25, 0.3) is 0 Å². The molecule has 0 aromatic heterocycles. The average molecular weight is 272 g/mol. The molecule has 2 atom stereocenters. The van der Waals surface area contributed by atoms with Crippen molar-refractivity contribution in [3.05, 3.63) is 0 Å². The zero-order valence-electron chi connectivity index (χ0n) is 12.8. The van der Waals surface area contributed by atoms with Crippen LogP contribution in [0.1, 0.15) is 41.0 Å². The SMILES string of the molecule is CC(C)(C)OC(=O)NCC(C)(C)C(N)C1CCOC1. The van der Waals surface area contributed by atoms with Crippen molar-refractivity contribution in [3.8, 4) is 0 Å². The van der Waals surface area contributed by atoms with E-state index in [1.54, 1.807) is 0 Å². The predicted molar refractivity (Wildman–Crippen MR) is 74.9 cm³/mol. The fraction of sp³-hybridized carbons (Fsp3) is 0.929. The van der Waals surface area contributed by atoms with Crippen molar-refractivity contribution >= 4 is 6.09 Å². The van der Waals surface area contributed by atoms with Gasteiger partial charge in [-0.3, -0.25) is 0 Å². The number of rotatable bonds is 4. The van der Waals surface area contributed by atoms with Crippen molar-refractivity contribution in [1.82, 2.24) is 5.32 Å². The Bertz CT molecular complexity index is 304. The third-order valence-corrected chi connectivity index (χ3v) is 3.46. The lowest BCUT2D eigenvalue weighted by atomic mass is 9.77. The molecule has 1 aliphatic rings. The lowest BCUT2D eigenvalue weighted by Gasteiger charge is -2.35. The number of ether oxygens (including phenoxy) is 2. The highest BCUT2D eigenvalue weighted by atomic mass is 16.6. The monoisotopic (exact) mass is 272 g/mol. The van der Waals surface area contributed by atoms with Gasteiger partial charge >= 0.3 is 6.09 Å². The molecule has 5 nitrogen and oxygen atoms in total. The third kappa shape index (κ3) is 5.37. The molecule has 0 aromatic carbocycles. The summed E-state index contributed by atoms with van der Waals surface area (Å²) in [5, 5.41) is 2.80. The minimum absolute atomic E-state index is 0.00457. The first-order valence-corrected chi connectivity index (χ1v) is 6.92. The summed E-state index contributed by atoms with van der Waals surface area (Å²) in [6.07, 6.45) is 0.604. The molecule has 2 unspecified atom stereocenters. The Balaban J connectivity index is 2.43. The van der Waals surface area contributed by atoms with E-state index in [1.807, 2.05) is 20.8 Å². The van der Waals surface area contributed by atoms with Crippen LogP contribution in [0.2, 0.25) is 0 Å². The summed E-state index contributed by atoms with van der Waals surface area (Å²) in [6, 6.07) is 0.00457. The van der Waals surface area contributed by atoms with Gasteiger partial charge < -0.3 is 20.5 Å². The Morgan fingerprint density at radius 1 is 1.42 bits per heavy atom. The van der Waals surface area contributed by atoms with E-state index in [2.05, 4.69) is 19.2 Å². The van der Waals surface area contributed by atoms with Crippen LogP contribution in [0.15, 0.2) is 0 Å². The fourth-order valence-electron chi connectivity index (χ4n) is 2.21. The van der Waals surface area contributed by atoms with E-state index in [0.29, 0.717) is 12.5 Å². The molecule has 0 aliphatic carbocycles. The maximum Gasteiger partial charge on any atom is 0.407 e.